The topological polar surface area (TPSA) is 55.3 Å². The third kappa shape index (κ3) is 9.40. The second-order valence-corrected chi connectivity index (χ2v) is 7.42. The molecule has 1 heterocycles. The third-order valence-electron chi connectivity index (χ3n) is 4.50. The molecule has 6 nitrogen and oxygen atoms in total. The van der Waals surface area contributed by atoms with Crippen molar-refractivity contribution in [3.8, 4) is 0 Å². The van der Waals surface area contributed by atoms with Crippen molar-refractivity contribution in [1.29, 1.82) is 0 Å². The van der Waals surface area contributed by atoms with Crippen LogP contribution in [0.4, 0.5) is 0 Å². The van der Waals surface area contributed by atoms with Gasteiger partial charge in [-0.2, -0.15) is 0 Å². The highest BCUT2D eigenvalue weighted by Crippen LogP contribution is 2.21. The summed E-state index contributed by atoms with van der Waals surface area (Å²) in [6, 6.07) is 0. The SMILES string of the molecule is CN=C(NCC(OC)C(C)(C)C)N1CCC(OCCCOC)CC1.I. The molecule has 1 aliphatic heterocycles. The lowest BCUT2D eigenvalue weighted by molar-refractivity contribution is 0.00839. The molecule has 150 valence electrons. The molecule has 25 heavy (non-hydrogen) atoms. The van der Waals surface area contributed by atoms with E-state index in [9.17, 15) is 0 Å². The van der Waals surface area contributed by atoms with E-state index >= 15 is 0 Å². The largest absolute Gasteiger partial charge is 0.385 e. The fourth-order valence-corrected chi connectivity index (χ4v) is 2.95. The molecule has 0 amide bonds. The van der Waals surface area contributed by atoms with Crippen molar-refractivity contribution in [2.45, 2.75) is 52.2 Å². The van der Waals surface area contributed by atoms with Crippen molar-refractivity contribution in [2.75, 3.05) is 54.1 Å². The minimum atomic E-state index is 0. The lowest BCUT2D eigenvalue weighted by Gasteiger charge is -2.36. The maximum atomic E-state index is 5.92. The van der Waals surface area contributed by atoms with Gasteiger partial charge in [0.1, 0.15) is 0 Å². The summed E-state index contributed by atoms with van der Waals surface area (Å²) in [7, 11) is 5.34. The van der Waals surface area contributed by atoms with Crippen LogP contribution in [-0.4, -0.2) is 77.2 Å². The summed E-state index contributed by atoms with van der Waals surface area (Å²) in [5.41, 5.74) is 0.101. The maximum Gasteiger partial charge on any atom is 0.193 e. The van der Waals surface area contributed by atoms with Gasteiger partial charge in [0.2, 0.25) is 0 Å². The van der Waals surface area contributed by atoms with Crippen LogP contribution in [0.2, 0.25) is 0 Å². The minimum absolute atomic E-state index is 0. The normalized spacial score (nSPS) is 18.0. The van der Waals surface area contributed by atoms with E-state index in [-0.39, 0.29) is 35.5 Å². The number of piperidine rings is 1. The van der Waals surface area contributed by atoms with E-state index < -0.39 is 0 Å². The Bertz CT molecular complexity index is 367. The first-order valence-electron chi connectivity index (χ1n) is 9.01. The van der Waals surface area contributed by atoms with Gasteiger partial charge in [0, 0.05) is 54.1 Å². The predicted octanol–water partition coefficient (Wildman–Crippen LogP) is 2.76. The van der Waals surface area contributed by atoms with Crippen molar-refractivity contribution < 1.29 is 14.2 Å². The Kier molecular flexibility index (Phi) is 13.0. The molecule has 0 aromatic carbocycles. The zero-order valence-corrected chi connectivity index (χ0v) is 19.2. The fourth-order valence-electron chi connectivity index (χ4n) is 2.95. The summed E-state index contributed by atoms with van der Waals surface area (Å²) in [5, 5.41) is 3.47. The van der Waals surface area contributed by atoms with Crippen LogP contribution >= 0.6 is 24.0 Å². The second kappa shape index (κ2) is 13.1. The van der Waals surface area contributed by atoms with E-state index in [1.807, 2.05) is 7.05 Å². The summed E-state index contributed by atoms with van der Waals surface area (Å²) < 4.78 is 16.6. The number of rotatable bonds is 8. The van der Waals surface area contributed by atoms with Crippen LogP contribution in [0, 0.1) is 5.41 Å². The van der Waals surface area contributed by atoms with Gasteiger partial charge in [0.05, 0.1) is 12.2 Å². The number of aliphatic imine (C=N–C) groups is 1. The lowest BCUT2D eigenvalue weighted by Crippen LogP contribution is -2.50. The zero-order chi connectivity index (χ0) is 18.0. The molecule has 1 N–H and O–H groups in total. The summed E-state index contributed by atoms with van der Waals surface area (Å²) in [5.74, 6) is 0.958. The number of likely N-dealkylation sites (tertiary alicyclic amines) is 1. The molecule has 0 spiro atoms. The summed E-state index contributed by atoms with van der Waals surface area (Å²) in [6.07, 6.45) is 3.56. The van der Waals surface area contributed by atoms with Crippen molar-refractivity contribution in [3.63, 3.8) is 0 Å². The smallest absolute Gasteiger partial charge is 0.193 e. The average Bonchev–Trinajstić information content (AvgIpc) is 2.55. The van der Waals surface area contributed by atoms with E-state index in [1.165, 1.54) is 0 Å². The number of hydrogen-bond donors (Lipinski definition) is 1. The van der Waals surface area contributed by atoms with E-state index in [4.69, 9.17) is 14.2 Å². The highest BCUT2D eigenvalue weighted by Gasteiger charge is 2.26. The van der Waals surface area contributed by atoms with E-state index in [1.54, 1.807) is 14.2 Å². The lowest BCUT2D eigenvalue weighted by atomic mass is 9.89. The van der Waals surface area contributed by atoms with Crippen molar-refractivity contribution in [2.24, 2.45) is 10.4 Å². The Morgan fingerprint density at radius 2 is 1.84 bits per heavy atom. The highest BCUT2D eigenvalue weighted by atomic mass is 127. The number of methoxy groups -OCH3 is 2. The Balaban J connectivity index is 0.00000576. The first-order chi connectivity index (χ1) is 11.4. The van der Waals surface area contributed by atoms with E-state index in [0.717, 1.165) is 58.1 Å². The molecule has 7 heteroatoms. The van der Waals surface area contributed by atoms with E-state index in [0.29, 0.717) is 6.10 Å². The fraction of sp³-hybridized carbons (Fsp3) is 0.944. The molecule has 1 rings (SSSR count). The average molecular weight is 471 g/mol. The molecular formula is C18H38IN3O3. The molecule has 1 unspecified atom stereocenters. The number of nitrogens with zero attached hydrogens (tertiary/aromatic N) is 2. The van der Waals surface area contributed by atoms with Crippen LogP contribution in [0.5, 0.6) is 0 Å². The predicted molar refractivity (Wildman–Crippen MR) is 114 cm³/mol. The molecule has 1 saturated heterocycles. The van der Waals surface area contributed by atoms with Gasteiger partial charge in [0.15, 0.2) is 5.96 Å². The molecule has 0 saturated carbocycles. The monoisotopic (exact) mass is 471 g/mol. The minimum Gasteiger partial charge on any atom is -0.385 e. The molecule has 1 fully saturated rings. The van der Waals surface area contributed by atoms with Crippen LogP contribution in [0.3, 0.4) is 0 Å². The van der Waals surface area contributed by atoms with Gasteiger partial charge in [-0.25, -0.2) is 0 Å². The summed E-state index contributed by atoms with van der Waals surface area (Å²) >= 11 is 0. The molecule has 0 radical (unpaired) electrons. The number of nitrogens with one attached hydrogen (secondary N) is 1. The number of halogens is 1. The van der Waals surface area contributed by atoms with Crippen LogP contribution in [0.1, 0.15) is 40.0 Å². The first-order valence-corrected chi connectivity index (χ1v) is 9.01. The standard InChI is InChI=1S/C18H37N3O3.HI/c1-18(2,3)16(23-6)14-20-17(19-4)21-10-8-15(9-11-21)24-13-7-12-22-5;/h15-16H,7-14H2,1-6H3,(H,19,20);1H. The van der Waals surface area contributed by atoms with Crippen molar-refractivity contribution in [3.05, 3.63) is 0 Å². The molecule has 1 aliphatic rings. The van der Waals surface area contributed by atoms with Gasteiger partial charge in [-0.05, 0) is 24.7 Å². The van der Waals surface area contributed by atoms with Crippen molar-refractivity contribution >= 4 is 29.9 Å². The Morgan fingerprint density at radius 1 is 1.20 bits per heavy atom. The van der Waals surface area contributed by atoms with Gasteiger partial charge in [-0.3, -0.25) is 4.99 Å². The zero-order valence-electron chi connectivity index (χ0n) is 16.8. The quantitative estimate of drug-likeness (QED) is 0.256. The first kappa shape index (κ1) is 24.9. The van der Waals surface area contributed by atoms with Crippen LogP contribution in [-0.2, 0) is 14.2 Å². The van der Waals surface area contributed by atoms with E-state index in [2.05, 4.69) is 36.0 Å². The van der Waals surface area contributed by atoms with Gasteiger partial charge >= 0.3 is 0 Å². The molecule has 0 aromatic heterocycles. The third-order valence-corrected chi connectivity index (χ3v) is 4.50. The Hall–Kier alpha value is -0.120. The molecule has 0 bridgehead atoms. The molecule has 0 aliphatic carbocycles. The summed E-state index contributed by atoms with van der Waals surface area (Å²) in [6.45, 7) is 10.8. The summed E-state index contributed by atoms with van der Waals surface area (Å²) in [4.78, 5) is 6.74. The van der Waals surface area contributed by atoms with Gasteiger partial charge < -0.3 is 24.4 Å². The van der Waals surface area contributed by atoms with Gasteiger partial charge in [0.25, 0.3) is 0 Å². The van der Waals surface area contributed by atoms with Gasteiger partial charge in [-0.1, -0.05) is 20.8 Å². The maximum absolute atomic E-state index is 5.92. The Labute approximate surface area is 171 Å². The van der Waals surface area contributed by atoms with Crippen LogP contribution < -0.4 is 5.32 Å². The Morgan fingerprint density at radius 3 is 2.32 bits per heavy atom. The van der Waals surface area contributed by atoms with Crippen molar-refractivity contribution in [1.82, 2.24) is 10.2 Å². The number of guanidine groups is 1. The van der Waals surface area contributed by atoms with Gasteiger partial charge in [-0.15, -0.1) is 24.0 Å². The second-order valence-electron chi connectivity index (χ2n) is 7.42. The number of ether oxygens (including phenoxy) is 3. The highest BCUT2D eigenvalue weighted by molar-refractivity contribution is 14.0. The van der Waals surface area contributed by atoms with Crippen LogP contribution in [0.15, 0.2) is 4.99 Å². The molecular weight excluding hydrogens is 433 g/mol. The molecule has 1 atom stereocenters. The molecule has 0 aromatic rings. The number of hydrogen-bond acceptors (Lipinski definition) is 4. The van der Waals surface area contributed by atoms with Crippen LogP contribution in [0.25, 0.3) is 0 Å².